The standard InChI is InChI=1S/C29H27N3O3S/c1-35-29(34)24-18-32(16-20-10-4-2-5-11-20)17-23(24)22-14-8-9-15-25(22)30-27(33)26-19-36-28(31-26)21-12-6-3-7-13-21/h2-15,19,23-24H,16-18H2,1H3,(H,30,33)/t23-,24+/m0/s1. The first-order valence-corrected chi connectivity index (χ1v) is 12.8. The Hall–Kier alpha value is -3.81. The molecule has 5 rings (SSSR count). The largest absolute Gasteiger partial charge is 0.469 e. The van der Waals surface area contributed by atoms with Crippen LogP contribution >= 0.6 is 11.3 Å². The van der Waals surface area contributed by atoms with Gasteiger partial charge in [-0.05, 0) is 17.2 Å². The Morgan fingerprint density at radius 2 is 1.67 bits per heavy atom. The Balaban J connectivity index is 1.37. The van der Waals surface area contributed by atoms with Crippen LogP contribution in [0.4, 0.5) is 5.69 Å². The Kier molecular flexibility index (Phi) is 7.21. The van der Waals surface area contributed by atoms with Gasteiger partial charge < -0.3 is 10.1 Å². The number of benzene rings is 3. The van der Waals surface area contributed by atoms with Gasteiger partial charge in [-0.2, -0.15) is 0 Å². The van der Waals surface area contributed by atoms with Crippen molar-refractivity contribution in [1.29, 1.82) is 0 Å². The lowest BCUT2D eigenvalue weighted by Crippen LogP contribution is -2.25. The highest BCUT2D eigenvalue weighted by atomic mass is 32.1. The van der Waals surface area contributed by atoms with Crippen LogP contribution in [0.1, 0.15) is 27.5 Å². The highest BCUT2D eigenvalue weighted by Gasteiger charge is 2.40. The molecule has 0 bridgehead atoms. The maximum absolute atomic E-state index is 13.1. The summed E-state index contributed by atoms with van der Waals surface area (Å²) in [5.41, 5.74) is 4.16. The smallest absolute Gasteiger partial charge is 0.310 e. The van der Waals surface area contributed by atoms with Crippen LogP contribution in [0.25, 0.3) is 10.6 Å². The second-order valence-corrected chi connectivity index (χ2v) is 9.72. The predicted octanol–water partition coefficient (Wildman–Crippen LogP) is 5.45. The minimum absolute atomic E-state index is 0.104. The number of esters is 1. The van der Waals surface area contributed by atoms with E-state index in [0.717, 1.165) is 22.7 Å². The number of methoxy groups -OCH3 is 1. The average molecular weight is 498 g/mol. The number of hydrogen-bond acceptors (Lipinski definition) is 6. The van der Waals surface area contributed by atoms with Crippen LogP contribution in [0.3, 0.4) is 0 Å². The summed E-state index contributed by atoms with van der Waals surface area (Å²) in [6.07, 6.45) is 0. The third kappa shape index (κ3) is 5.22. The highest BCUT2D eigenvalue weighted by molar-refractivity contribution is 7.13. The van der Waals surface area contributed by atoms with Crippen LogP contribution in [-0.4, -0.2) is 42.0 Å². The molecule has 7 heteroatoms. The van der Waals surface area contributed by atoms with Gasteiger partial charge in [0.15, 0.2) is 0 Å². The summed E-state index contributed by atoms with van der Waals surface area (Å²) in [6, 6.07) is 27.7. The second kappa shape index (κ2) is 10.8. The minimum Gasteiger partial charge on any atom is -0.469 e. The molecule has 1 amide bonds. The number of thiazole rings is 1. The summed E-state index contributed by atoms with van der Waals surface area (Å²) in [6.45, 7) is 2.04. The van der Waals surface area contributed by atoms with Crippen LogP contribution < -0.4 is 5.32 Å². The Morgan fingerprint density at radius 1 is 0.972 bits per heavy atom. The lowest BCUT2D eigenvalue weighted by atomic mass is 9.88. The second-order valence-electron chi connectivity index (χ2n) is 8.86. The van der Waals surface area contributed by atoms with E-state index in [4.69, 9.17) is 4.74 Å². The minimum atomic E-state index is -0.319. The molecule has 4 aromatic rings. The van der Waals surface area contributed by atoms with Crippen molar-refractivity contribution >= 4 is 28.9 Å². The number of likely N-dealkylation sites (tertiary alicyclic amines) is 1. The Morgan fingerprint density at radius 3 is 2.42 bits per heavy atom. The molecule has 0 unspecified atom stereocenters. The summed E-state index contributed by atoms with van der Waals surface area (Å²) in [7, 11) is 1.43. The Labute approximate surface area is 214 Å². The maximum atomic E-state index is 13.1. The van der Waals surface area contributed by atoms with Crippen molar-refractivity contribution in [2.45, 2.75) is 12.5 Å². The van der Waals surface area contributed by atoms with Crippen LogP contribution in [0.2, 0.25) is 0 Å². The number of ether oxygens (including phenoxy) is 1. The van der Waals surface area contributed by atoms with Gasteiger partial charge in [0.1, 0.15) is 10.7 Å². The fraction of sp³-hybridized carbons (Fsp3) is 0.207. The van der Waals surface area contributed by atoms with Gasteiger partial charge in [0.05, 0.1) is 13.0 Å². The molecule has 1 N–H and O–H groups in total. The van der Waals surface area contributed by atoms with Gasteiger partial charge in [0, 0.05) is 42.2 Å². The molecule has 1 aliphatic rings. The zero-order valence-corrected chi connectivity index (χ0v) is 20.8. The van der Waals surface area contributed by atoms with Crippen molar-refractivity contribution in [3.63, 3.8) is 0 Å². The van der Waals surface area contributed by atoms with Crippen molar-refractivity contribution in [2.75, 3.05) is 25.5 Å². The molecule has 1 saturated heterocycles. The fourth-order valence-electron chi connectivity index (χ4n) is 4.77. The first kappa shape index (κ1) is 23.9. The lowest BCUT2D eigenvalue weighted by molar-refractivity contribution is -0.145. The lowest BCUT2D eigenvalue weighted by Gasteiger charge is -2.20. The number of carbonyl (C=O) groups is 2. The van der Waals surface area contributed by atoms with Crippen molar-refractivity contribution in [3.8, 4) is 10.6 Å². The maximum Gasteiger partial charge on any atom is 0.310 e. The summed E-state index contributed by atoms with van der Waals surface area (Å²) in [4.78, 5) is 32.7. The van der Waals surface area contributed by atoms with E-state index in [0.29, 0.717) is 24.5 Å². The van der Waals surface area contributed by atoms with Crippen molar-refractivity contribution < 1.29 is 14.3 Å². The third-order valence-corrected chi connectivity index (χ3v) is 7.41. The van der Waals surface area contributed by atoms with Crippen LogP contribution in [0, 0.1) is 5.92 Å². The van der Waals surface area contributed by atoms with E-state index in [1.165, 1.54) is 24.0 Å². The van der Waals surface area contributed by atoms with E-state index in [1.807, 2.05) is 72.8 Å². The number of anilines is 1. The molecule has 1 aromatic heterocycles. The van der Waals surface area contributed by atoms with Gasteiger partial charge in [-0.3, -0.25) is 14.5 Å². The van der Waals surface area contributed by atoms with E-state index in [2.05, 4.69) is 27.3 Å². The SMILES string of the molecule is COC(=O)[C@@H]1CN(Cc2ccccc2)C[C@H]1c1ccccc1NC(=O)c1csc(-c2ccccc2)n1. The number of hydrogen-bond donors (Lipinski definition) is 1. The van der Waals surface area contributed by atoms with Gasteiger partial charge in [-0.25, -0.2) is 4.98 Å². The molecule has 0 saturated carbocycles. The van der Waals surface area contributed by atoms with Crippen LogP contribution in [0.5, 0.6) is 0 Å². The molecule has 182 valence electrons. The van der Waals surface area contributed by atoms with E-state index in [-0.39, 0.29) is 23.7 Å². The van der Waals surface area contributed by atoms with Gasteiger partial charge in [0.25, 0.3) is 5.91 Å². The van der Waals surface area contributed by atoms with Gasteiger partial charge in [0.2, 0.25) is 0 Å². The number of carbonyl (C=O) groups excluding carboxylic acids is 2. The van der Waals surface area contributed by atoms with E-state index in [1.54, 1.807) is 5.38 Å². The number of aromatic nitrogens is 1. The number of rotatable bonds is 7. The number of amides is 1. The average Bonchev–Trinajstić information content (AvgIpc) is 3.58. The van der Waals surface area contributed by atoms with E-state index in [9.17, 15) is 9.59 Å². The molecule has 1 aliphatic heterocycles. The zero-order valence-electron chi connectivity index (χ0n) is 20.0. The molecular weight excluding hydrogens is 470 g/mol. The van der Waals surface area contributed by atoms with Gasteiger partial charge >= 0.3 is 5.97 Å². The number of nitrogens with one attached hydrogen (secondary N) is 1. The summed E-state index contributed by atoms with van der Waals surface area (Å²) < 4.78 is 5.16. The normalized spacial score (nSPS) is 17.6. The number of para-hydroxylation sites is 1. The zero-order chi connectivity index (χ0) is 24.9. The number of nitrogens with zero attached hydrogens (tertiary/aromatic N) is 2. The third-order valence-electron chi connectivity index (χ3n) is 6.51. The molecule has 0 spiro atoms. The molecule has 3 aromatic carbocycles. The summed E-state index contributed by atoms with van der Waals surface area (Å²) in [5, 5.41) is 5.62. The summed E-state index contributed by atoms with van der Waals surface area (Å²) >= 11 is 1.44. The molecule has 2 heterocycles. The van der Waals surface area contributed by atoms with E-state index < -0.39 is 0 Å². The first-order chi connectivity index (χ1) is 17.6. The van der Waals surface area contributed by atoms with Gasteiger partial charge in [-0.15, -0.1) is 11.3 Å². The van der Waals surface area contributed by atoms with Crippen molar-refractivity contribution in [1.82, 2.24) is 9.88 Å². The molecule has 2 atom stereocenters. The topological polar surface area (TPSA) is 71.5 Å². The predicted molar refractivity (Wildman–Crippen MR) is 142 cm³/mol. The van der Waals surface area contributed by atoms with Crippen molar-refractivity contribution in [3.05, 3.63) is 107 Å². The van der Waals surface area contributed by atoms with E-state index >= 15 is 0 Å². The molecule has 36 heavy (non-hydrogen) atoms. The first-order valence-electron chi connectivity index (χ1n) is 11.9. The summed E-state index contributed by atoms with van der Waals surface area (Å²) in [5.74, 6) is -0.924. The highest BCUT2D eigenvalue weighted by Crippen LogP contribution is 2.38. The van der Waals surface area contributed by atoms with Crippen molar-refractivity contribution in [2.24, 2.45) is 5.92 Å². The van der Waals surface area contributed by atoms with Gasteiger partial charge in [-0.1, -0.05) is 78.9 Å². The Bertz CT molecular complexity index is 1340. The molecular formula is C29H27N3O3S. The quantitative estimate of drug-likeness (QED) is 0.344. The molecule has 6 nitrogen and oxygen atoms in total. The van der Waals surface area contributed by atoms with Crippen LogP contribution in [0.15, 0.2) is 90.3 Å². The van der Waals surface area contributed by atoms with Crippen LogP contribution in [-0.2, 0) is 16.1 Å². The molecule has 0 aliphatic carbocycles. The molecule has 0 radical (unpaired) electrons. The monoisotopic (exact) mass is 497 g/mol. The fourth-order valence-corrected chi connectivity index (χ4v) is 5.58. The molecule has 1 fully saturated rings.